The quantitative estimate of drug-likeness (QED) is 0.214. The SMILES string of the molecule is O=C1NC(=O)c2c1c1c3ccccc3[nH]c1c1c2c2ccccc2n1C1C=C[C@H](Cl)C1. The average Bonchev–Trinajstić information content (AvgIpc) is 3.50. The number of aromatic nitrogens is 2. The van der Waals surface area contributed by atoms with Crippen molar-refractivity contribution < 1.29 is 9.59 Å². The Labute approximate surface area is 181 Å². The molecule has 150 valence electrons. The molecular formula is C25H16ClN3O2. The number of nitrogens with one attached hydrogen (secondary N) is 2. The van der Waals surface area contributed by atoms with Crippen molar-refractivity contribution in [1.29, 1.82) is 0 Å². The number of imide groups is 1. The molecule has 0 bridgehead atoms. The first-order valence-electron chi connectivity index (χ1n) is 10.3. The predicted molar refractivity (Wildman–Crippen MR) is 123 cm³/mol. The van der Waals surface area contributed by atoms with Crippen molar-refractivity contribution in [2.75, 3.05) is 0 Å². The molecule has 31 heavy (non-hydrogen) atoms. The number of aromatic amines is 1. The van der Waals surface area contributed by atoms with E-state index in [1.165, 1.54) is 0 Å². The molecule has 2 aliphatic rings. The highest BCUT2D eigenvalue weighted by Gasteiger charge is 2.36. The number of benzene rings is 3. The van der Waals surface area contributed by atoms with Gasteiger partial charge in [0.25, 0.3) is 11.8 Å². The fourth-order valence-electron chi connectivity index (χ4n) is 5.45. The van der Waals surface area contributed by atoms with Gasteiger partial charge < -0.3 is 9.55 Å². The van der Waals surface area contributed by atoms with Crippen LogP contribution in [0.25, 0.3) is 43.6 Å². The van der Waals surface area contributed by atoms with Crippen LogP contribution in [0.15, 0.2) is 60.7 Å². The topological polar surface area (TPSA) is 66.9 Å². The minimum atomic E-state index is -0.338. The second kappa shape index (κ2) is 5.77. The fourth-order valence-corrected chi connectivity index (χ4v) is 5.71. The van der Waals surface area contributed by atoms with Crippen molar-refractivity contribution in [1.82, 2.24) is 14.9 Å². The summed E-state index contributed by atoms with van der Waals surface area (Å²) in [6, 6.07) is 16.0. The summed E-state index contributed by atoms with van der Waals surface area (Å²) in [6.45, 7) is 0. The van der Waals surface area contributed by atoms with Gasteiger partial charge in [0.15, 0.2) is 0 Å². The van der Waals surface area contributed by atoms with Crippen molar-refractivity contribution in [2.24, 2.45) is 0 Å². The second-order valence-electron chi connectivity index (χ2n) is 8.27. The number of H-pyrrole nitrogens is 1. The number of nitrogens with zero attached hydrogens (tertiary/aromatic N) is 1. The zero-order valence-corrected chi connectivity index (χ0v) is 17.0. The number of fused-ring (bicyclic) bond motifs is 10. The Kier molecular flexibility index (Phi) is 3.19. The van der Waals surface area contributed by atoms with Gasteiger partial charge in [0.05, 0.1) is 33.6 Å². The summed E-state index contributed by atoms with van der Waals surface area (Å²) in [5.41, 5.74) is 4.72. The second-order valence-corrected chi connectivity index (χ2v) is 8.83. The Bertz CT molecular complexity index is 1660. The van der Waals surface area contributed by atoms with Crippen LogP contribution >= 0.6 is 11.6 Å². The van der Waals surface area contributed by atoms with Crippen LogP contribution in [-0.4, -0.2) is 26.7 Å². The summed E-state index contributed by atoms with van der Waals surface area (Å²) in [5, 5.41) is 6.03. The van der Waals surface area contributed by atoms with Crippen LogP contribution in [0, 0.1) is 0 Å². The van der Waals surface area contributed by atoms with Gasteiger partial charge in [-0.05, 0) is 18.6 Å². The monoisotopic (exact) mass is 425 g/mol. The largest absolute Gasteiger partial charge is 0.353 e. The van der Waals surface area contributed by atoms with Crippen molar-refractivity contribution in [3.05, 3.63) is 71.8 Å². The number of halogens is 1. The zero-order valence-electron chi connectivity index (χ0n) is 16.3. The Hall–Kier alpha value is -3.57. The Morgan fingerprint density at radius 2 is 1.58 bits per heavy atom. The van der Waals surface area contributed by atoms with Crippen molar-refractivity contribution >= 4 is 67.0 Å². The predicted octanol–water partition coefficient (Wildman–Crippen LogP) is 5.42. The zero-order chi connectivity index (χ0) is 20.9. The molecule has 1 aliphatic heterocycles. The maximum absolute atomic E-state index is 13.0. The smallest absolute Gasteiger partial charge is 0.259 e. The Morgan fingerprint density at radius 1 is 0.871 bits per heavy atom. The molecule has 0 spiro atoms. The fraction of sp³-hybridized carbons (Fsp3) is 0.120. The third-order valence-corrected chi connectivity index (χ3v) is 6.95. The Morgan fingerprint density at radius 3 is 2.35 bits per heavy atom. The van der Waals surface area contributed by atoms with Crippen molar-refractivity contribution in [2.45, 2.75) is 17.8 Å². The van der Waals surface area contributed by atoms with Gasteiger partial charge in [-0.15, -0.1) is 11.6 Å². The van der Waals surface area contributed by atoms with Crippen LogP contribution in [0.3, 0.4) is 0 Å². The standard InChI is InChI=1S/C25H16ClN3O2/c26-12-9-10-13(11-12)29-17-8-4-2-6-15(17)19-21-20(24(30)28-25(21)31)18-14-5-1-3-7-16(14)27-22(18)23(19)29/h1-10,12-13,27H,11H2,(H,28,30,31)/t12-,13?/m0/s1. The lowest BCUT2D eigenvalue weighted by atomic mass is 9.96. The molecule has 0 saturated carbocycles. The van der Waals surface area contributed by atoms with E-state index < -0.39 is 0 Å². The van der Waals surface area contributed by atoms with Gasteiger partial charge >= 0.3 is 0 Å². The summed E-state index contributed by atoms with van der Waals surface area (Å²) in [5.74, 6) is -0.674. The molecule has 3 heterocycles. The van der Waals surface area contributed by atoms with E-state index in [1.54, 1.807) is 0 Å². The van der Waals surface area contributed by atoms with Crippen LogP contribution in [0.2, 0.25) is 0 Å². The van der Waals surface area contributed by atoms with E-state index >= 15 is 0 Å². The average molecular weight is 426 g/mol. The molecule has 5 nitrogen and oxygen atoms in total. The summed E-state index contributed by atoms with van der Waals surface area (Å²) < 4.78 is 2.28. The molecule has 7 rings (SSSR count). The van der Waals surface area contributed by atoms with Gasteiger partial charge in [0.1, 0.15) is 0 Å². The number of hydrogen-bond acceptors (Lipinski definition) is 2. The lowest BCUT2D eigenvalue weighted by Gasteiger charge is -2.16. The Balaban J connectivity index is 1.81. The highest BCUT2D eigenvalue weighted by molar-refractivity contribution is 6.39. The van der Waals surface area contributed by atoms with E-state index in [2.05, 4.69) is 27.0 Å². The van der Waals surface area contributed by atoms with Gasteiger partial charge in [-0.2, -0.15) is 0 Å². The highest BCUT2D eigenvalue weighted by atomic mass is 35.5. The summed E-state index contributed by atoms with van der Waals surface area (Å²) in [7, 11) is 0. The molecule has 2 amide bonds. The molecule has 3 aromatic carbocycles. The molecule has 2 aromatic heterocycles. The minimum absolute atomic E-state index is 0.0290. The van der Waals surface area contributed by atoms with Crippen molar-refractivity contribution in [3.63, 3.8) is 0 Å². The third-order valence-electron chi connectivity index (χ3n) is 6.63. The van der Waals surface area contributed by atoms with E-state index in [0.29, 0.717) is 11.1 Å². The number of carbonyl (C=O) groups excluding carboxylic acids is 2. The summed E-state index contributed by atoms with van der Waals surface area (Å²) >= 11 is 6.43. The van der Waals surface area contributed by atoms with Gasteiger partial charge in [-0.25, -0.2) is 0 Å². The first kappa shape index (κ1) is 17.1. The van der Waals surface area contributed by atoms with E-state index in [0.717, 1.165) is 50.0 Å². The molecular weight excluding hydrogens is 410 g/mol. The molecule has 0 saturated heterocycles. The summed E-state index contributed by atoms with van der Waals surface area (Å²) in [4.78, 5) is 29.5. The summed E-state index contributed by atoms with van der Waals surface area (Å²) in [6.07, 6.45) is 4.94. The van der Waals surface area contributed by atoms with Gasteiger partial charge in [-0.3, -0.25) is 14.9 Å². The van der Waals surface area contributed by atoms with Crippen LogP contribution in [0.5, 0.6) is 0 Å². The first-order chi connectivity index (χ1) is 15.1. The van der Waals surface area contributed by atoms with Crippen LogP contribution in [0.1, 0.15) is 33.2 Å². The van der Waals surface area contributed by atoms with Crippen LogP contribution < -0.4 is 5.32 Å². The molecule has 1 unspecified atom stereocenters. The maximum Gasteiger partial charge on any atom is 0.259 e. The number of rotatable bonds is 1. The molecule has 6 heteroatoms. The van der Waals surface area contributed by atoms with E-state index in [9.17, 15) is 9.59 Å². The molecule has 5 aromatic rings. The van der Waals surface area contributed by atoms with E-state index in [-0.39, 0.29) is 23.2 Å². The molecule has 1 aliphatic carbocycles. The molecule has 0 radical (unpaired) electrons. The first-order valence-corrected chi connectivity index (χ1v) is 10.7. The lowest BCUT2D eigenvalue weighted by molar-refractivity contribution is 0.0880. The number of carbonyl (C=O) groups is 2. The highest BCUT2D eigenvalue weighted by Crippen LogP contribution is 2.45. The number of para-hydroxylation sites is 2. The molecule has 2 atom stereocenters. The van der Waals surface area contributed by atoms with E-state index in [4.69, 9.17) is 11.6 Å². The maximum atomic E-state index is 13.0. The number of amides is 2. The van der Waals surface area contributed by atoms with Gasteiger partial charge in [0.2, 0.25) is 0 Å². The minimum Gasteiger partial charge on any atom is -0.353 e. The van der Waals surface area contributed by atoms with E-state index in [1.807, 2.05) is 48.5 Å². The number of allylic oxidation sites excluding steroid dienone is 2. The lowest BCUT2D eigenvalue weighted by Crippen LogP contribution is -2.20. The van der Waals surface area contributed by atoms with Crippen LogP contribution in [0.4, 0.5) is 0 Å². The van der Waals surface area contributed by atoms with Crippen molar-refractivity contribution in [3.8, 4) is 0 Å². The third kappa shape index (κ3) is 2.06. The van der Waals surface area contributed by atoms with Gasteiger partial charge in [0, 0.05) is 32.6 Å². The molecule has 0 fully saturated rings. The molecule has 2 N–H and O–H groups in total. The normalized spacial score (nSPS) is 20.5. The number of alkyl halides is 1. The van der Waals surface area contributed by atoms with Gasteiger partial charge in [-0.1, -0.05) is 48.6 Å². The van der Waals surface area contributed by atoms with Crippen LogP contribution in [-0.2, 0) is 0 Å². The number of hydrogen-bond donors (Lipinski definition) is 2.